The van der Waals surface area contributed by atoms with Crippen LogP contribution in [-0.2, 0) is 0 Å². The van der Waals surface area contributed by atoms with Crippen molar-refractivity contribution in [1.29, 1.82) is 0 Å². The topological polar surface area (TPSA) is 30.7 Å². The highest BCUT2D eigenvalue weighted by atomic mass is 32.1. The molecule has 2 rings (SSSR count). The van der Waals surface area contributed by atoms with E-state index in [9.17, 15) is 0 Å². The van der Waals surface area contributed by atoms with Crippen molar-refractivity contribution in [3.8, 4) is 5.82 Å². The average Bonchev–Trinajstić information content (AvgIpc) is 2.59. The maximum Gasteiger partial charge on any atom is 0.151 e. The Morgan fingerprint density at radius 1 is 1.50 bits per heavy atom. The lowest BCUT2D eigenvalue weighted by Crippen LogP contribution is -1.87. The second-order valence-corrected chi connectivity index (χ2v) is 2.49. The maximum atomic E-state index is 4.12. The van der Waals surface area contributed by atoms with E-state index >= 15 is 0 Å². The number of hydrogen-bond acceptors (Lipinski definition) is 3. The first-order chi connectivity index (χ1) is 4.97. The van der Waals surface area contributed by atoms with E-state index < -0.39 is 0 Å². The molecule has 10 heavy (non-hydrogen) atoms. The minimum atomic E-state index is 0.933. The third-order valence-electron chi connectivity index (χ3n) is 1.19. The van der Waals surface area contributed by atoms with Gasteiger partial charge in [0.1, 0.15) is 6.33 Å². The van der Waals surface area contributed by atoms with Crippen molar-refractivity contribution in [3.05, 3.63) is 30.2 Å². The fourth-order valence-corrected chi connectivity index (χ4v) is 1.24. The summed E-state index contributed by atoms with van der Waals surface area (Å²) >= 11 is 1.44. The molecule has 0 radical (unpaired) electrons. The molecule has 4 heteroatoms. The fraction of sp³-hybridized carbons (Fsp3) is 0. The van der Waals surface area contributed by atoms with Gasteiger partial charge in [0.25, 0.3) is 0 Å². The first-order valence-corrected chi connectivity index (χ1v) is 3.69. The van der Waals surface area contributed by atoms with E-state index in [2.05, 4.69) is 9.36 Å². The molecule has 0 aliphatic carbocycles. The minimum absolute atomic E-state index is 0.933. The van der Waals surface area contributed by atoms with Crippen LogP contribution in [0.3, 0.4) is 0 Å². The summed E-state index contributed by atoms with van der Waals surface area (Å²) in [4.78, 5) is 3.91. The van der Waals surface area contributed by atoms with Crippen molar-refractivity contribution >= 4 is 11.5 Å². The number of rotatable bonds is 1. The van der Waals surface area contributed by atoms with Gasteiger partial charge in [-0.25, -0.2) is 4.98 Å². The molecule has 0 atom stereocenters. The van der Waals surface area contributed by atoms with Crippen LogP contribution in [0.5, 0.6) is 0 Å². The lowest BCUT2D eigenvalue weighted by atomic mass is 10.6. The number of imidazole rings is 1. The van der Waals surface area contributed by atoms with E-state index in [1.54, 1.807) is 12.5 Å². The summed E-state index contributed by atoms with van der Waals surface area (Å²) in [5.74, 6) is 0.933. The lowest BCUT2D eigenvalue weighted by Gasteiger charge is -1.90. The molecule has 0 bridgehead atoms. The van der Waals surface area contributed by atoms with Crippen molar-refractivity contribution in [2.75, 3.05) is 0 Å². The van der Waals surface area contributed by atoms with Gasteiger partial charge in [0.15, 0.2) is 5.82 Å². The molecule has 0 saturated heterocycles. The molecular formula is C6H5N3S. The SMILES string of the molecule is c1cn(-c2ccsn2)cn1. The fourth-order valence-electron chi connectivity index (χ4n) is 0.734. The van der Waals surface area contributed by atoms with Gasteiger partial charge >= 0.3 is 0 Å². The molecule has 0 unspecified atom stereocenters. The van der Waals surface area contributed by atoms with Crippen LogP contribution in [-0.4, -0.2) is 13.9 Å². The Morgan fingerprint density at radius 2 is 2.50 bits per heavy atom. The Morgan fingerprint density at radius 3 is 3.10 bits per heavy atom. The third-order valence-corrected chi connectivity index (χ3v) is 1.74. The molecule has 0 amide bonds. The summed E-state index contributed by atoms with van der Waals surface area (Å²) in [6.07, 6.45) is 5.34. The highest BCUT2D eigenvalue weighted by molar-refractivity contribution is 7.03. The van der Waals surface area contributed by atoms with Crippen molar-refractivity contribution in [2.45, 2.75) is 0 Å². The average molecular weight is 151 g/mol. The van der Waals surface area contributed by atoms with Gasteiger partial charge in [-0.2, -0.15) is 4.37 Å². The summed E-state index contributed by atoms with van der Waals surface area (Å²) in [6, 6.07) is 1.95. The van der Waals surface area contributed by atoms with Gasteiger partial charge in [-0.3, -0.25) is 4.57 Å². The Hall–Kier alpha value is -1.16. The van der Waals surface area contributed by atoms with Crippen LogP contribution in [0.4, 0.5) is 0 Å². The Bertz CT molecular complexity index is 252. The van der Waals surface area contributed by atoms with E-state index in [4.69, 9.17) is 0 Å². The van der Waals surface area contributed by atoms with E-state index in [1.807, 2.05) is 22.2 Å². The Kier molecular flexibility index (Phi) is 1.25. The minimum Gasteiger partial charge on any atom is -0.290 e. The zero-order chi connectivity index (χ0) is 6.81. The lowest BCUT2D eigenvalue weighted by molar-refractivity contribution is 1.02. The summed E-state index contributed by atoms with van der Waals surface area (Å²) in [7, 11) is 0. The summed E-state index contributed by atoms with van der Waals surface area (Å²) < 4.78 is 5.99. The van der Waals surface area contributed by atoms with E-state index in [1.165, 1.54) is 11.5 Å². The molecule has 0 aliphatic rings. The highest BCUT2D eigenvalue weighted by Gasteiger charge is 1.93. The maximum absolute atomic E-state index is 4.12. The second-order valence-electron chi connectivity index (χ2n) is 1.83. The molecule has 0 aliphatic heterocycles. The first-order valence-electron chi connectivity index (χ1n) is 2.85. The van der Waals surface area contributed by atoms with Crippen LogP contribution in [0, 0.1) is 0 Å². The zero-order valence-electron chi connectivity index (χ0n) is 5.14. The standard InChI is InChI=1S/C6H5N3S/c1-4-10-8-6(1)9-3-2-7-5-9/h1-5H. The van der Waals surface area contributed by atoms with Crippen molar-refractivity contribution < 1.29 is 0 Å². The van der Waals surface area contributed by atoms with Gasteiger partial charge in [0.05, 0.1) is 0 Å². The molecule has 3 nitrogen and oxygen atoms in total. The molecule has 2 aromatic rings. The van der Waals surface area contributed by atoms with Gasteiger partial charge in [-0.1, -0.05) is 0 Å². The van der Waals surface area contributed by atoms with Gasteiger partial charge in [-0.15, -0.1) is 0 Å². The van der Waals surface area contributed by atoms with E-state index in [0.717, 1.165) is 5.82 Å². The van der Waals surface area contributed by atoms with Crippen LogP contribution in [0.2, 0.25) is 0 Å². The normalized spacial score (nSPS) is 10.0. The van der Waals surface area contributed by atoms with Crippen molar-refractivity contribution in [1.82, 2.24) is 13.9 Å². The van der Waals surface area contributed by atoms with Crippen LogP contribution in [0.15, 0.2) is 30.2 Å². The van der Waals surface area contributed by atoms with Gasteiger partial charge in [-0.05, 0) is 17.6 Å². The predicted molar refractivity (Wildman–Crippen MR) is 39.2 cm³/mol. The molecule has 0 spiro atoms. The molecular weight excluding hydrogens is 146 g/mol. The van der Waals surface area contributed by atoms with Gasteiger partial charge in [0.2, 0.25) is 0 Å². The number of nitrogens with zero attached hydrogens (tertiary/aromatic N) is 3. The van der Waals surface area contributed by atoms with Crippen molar-refractivity contribution in [3.63, 3.8) is 0 Å². The molecule has 0 saturated carbocycles. The summed E-state index contributed by atoms with van der Waals surface area (Å²) in [6.45, 7) is 0. The van der Waals surface area contributed by atoms with Gasteiger partial charge < -0.3 is 0 Å². The highest BCUT2D eigenvalue weighted by Crippen LogP contribution is 2.04. The van der Waals surface area contributed by atoms with E-state index in [-0.39, 0.29) is 0 Å². The van der Waals surface area contributed by atoms with Crippen LogP contribution in [0.1, 0.15) is 0 Å². The second kappa shape index (κ2) is 2.22. The molecule has 50 valence electrons. The Balaban J connectivity index is 2.48. The Labute approximate surface area is 62.1 Å². The molecule has 2 heterocycles. The predicted octanol–water partition coefficient (Wildman–Crippen LogP) is 1.33. The van der Waals surface area contributed by atoms with Crippen molar-refractivity contribution in [2.24, 2.45) is 0 Å². The van der Waals surface area contributed by atoms with E-state index in [0.29, 0.717) is 0 Å². The number of aromatic nitrogens is 3. The molecule has 0 aromatic carbocycles. The summed E-state index contributed by atoms with van der Waals surface area (Å²) in [5, 5.41) is 1.94. The smallest absolute Gasteiger partial charge is 0.151 e. The summed E-state index contributed by atoms with van der Waals surface area (Å²) in [5.41, 5.74) is 0. The monoisotopic (exact) mass is 151 g/mol. The molecule has 2 aromatic heterocycles. The zero-order valence-corrected chi connectivity index (χ0v) is 5.95. The van der Waals surface area contributed by atoms with Crippen LogP contribution < -0.4 is 0 Å². The molecule has 0 N–H and O–H groups in total. The van der Waals surface area contributed by atoms with Crippen LogP contribution in [0.25, 0.3) is 5.82 Å². The largest absolute Gasteiger partial charge is 0.290 e. The quantitative estimate of drug-likeness (QED) is 0.615. The van der Waals surface area contributed by atoms with Crippen LogP contribution >= 0.6 is 11.5 Å². The molecule has 0 fully saturated rings. The van der Waals surface area contributed by atoms with Gasteiger partial charge in [0, 0.05) is 17.8 Å². The third kappa shape index (κ3) is 0.823. The number of hydrogen-bond donors (Lipinski definition) is 0. The first kappa shape index (κ1) is 5.61.